The molecule has 100 valence electrons. The maximum atomic E-state index is 12.2. The van der Waals surface area contributed by atoms with Crippen molar-refractivity contribution >= 4 is 21.8 Å². The number of nitrogens with zero attached hydrogens (tertiary/aromatic N) is 1. The van der Waals surface area contributed by atoms with Crippen LogP contribution in [0.2, 0.25) is 0 Å². The van der Waals surface area contributed by atoms with E-state index < -0.39 is 0 Å². The summed E-state index contributed by atoms with van der Waals surface area (Å²) in [5.74, 6) is 0.0520. The van der Waals surface area contributed by atoms with E-state index in [-0.39, 0.29) is 11.9 Å². The lowest BCUT2D eigenvalue weighted by atomic mass is 10.1. The Labute approximate surface area is 117 Å². The van der Waals surface area contributed by atoms with Crippen LogP contribution < -0.4 is 5.32 Å². The normalized spacial score (nSPS) is 16.6. The summed E-state index contributed by atoms with van der Waals surface area (Å²) in [6.07, 6.45) is 7.77. The number of rotatable bonds is 6. The van der Waals surface area contributed by atoms with Gasteiger partial charge in [-0.25, -0.2) is 0 Å². The van der Waals surface area contributed by atoms with Crippen LogP contribution >= 0.6 is 15.9 Å². The van der Waals surface area contributed by atoms with Crippen LogP contribution in [0.25, 0.3) is 0 Å². The van der Waals surface area contributed by atoms with E-state index in [1.54, 1.807) is 0 Å². The van der Waals surface area contributed by atoms with Crippen molar-refractivity contribution in [1.29, 1.82) is 0 Å². The number of halogens is 1. The second-order valence-electron chi connectivity index (χ2n) is 5.20. The second kappa shape index (κ2) is 5.91. The van der Waals surface area contributed by atoms with Crippen LogP contribution in [0.3, 0.4) is 0 Å². The molecule has 4 heteroatoms. The quantitative estimate of drug-likeness (QED) is 0.849. The summed E-state index contributed by atoms with van der Waals surface area (Å²) < 4.78 is 3.09. The molecule has 1 unspecified atom stereocenters. The highest BCUT2D eigenvalue weighted by Gasteiger charge is 2.27. The molecule has 1 saturated carbocycles. The van der Waals surface area contributed by atoms with Crippen LogP contribution in [-0.2, 0) is 0 Å². The molecule has 1 aromatic heterocycles. The third-order valence-corrected chi connectivity index (χ3v) is 3.79. The van der Waals surface area contributed by atoms with Gasteiger partial charge >= 0.3 is 0 Å². The molecular weight excluding hydrogens is 292 g/mol. The Morgan fingerprint density at radius 1 is 1.61 bits per heavy atom. The Hall–Kier alpha value is -0.770. The van der Waals surface area contributed by atoms with Crippen molar-refractivity contribution in [1.82, 2.24) is 9.88 Å². The molecule has 1 aliphatic carbocycles. The number of hydrogen-bond acceptors (Lipinski definition) is 1. The minimum absolute atomic E-state index is 0.0520. The second-order valence-corrected chi connectivity index (χ2v) is 6.11. The Bertz CT molecular complexity index is 423. The molecule has 0 radical (unpaired) electrons. The van der Waals surface area contributed by atoms with Gasteiger partial charge in [-0.05, 0) is 48.2 Å². The van der Waals surface area contributed by atoms with E-state index in [2.05, 4.69) is 39.7 Å². The van der Waals surface area contributed by atoms with E-state index in [4.69, 9.17) is 0 Å². The summed E-state index contributed by atoms with van der Waals surface area (Å²) in [6.45, 7) is 4.25. The highest BCUT2D eigenvalue weighted by atomic mass is 79.9. The molecule has 1 amide bonds. The molecule has 18 heavy (non-hydrogen) atoms. The molecule has 1 atom stereocenters. The number of hydrogen-bond donors (Lipinski definition) is 1. The monoisotopic (exact) mass is 312 g/mol. The number of unbranched alkanes of at least 4 members (excludes halogenated alkanes) is 1. The summed E-state index contributed by atoms with van der Waals surface area (Å²) in [5, 5.41) is 3.09. The fourth-order valence-electron chi connectivity index (χ4n) is 2.16. The van der Waals surface area contributed by atoms with Crippen LogP contribution in [0.4, 0.5) is 0 Å². The minimum Gasteiger partial charge on any atom is -0.348 e. The molecule has 1 aromatic rings. The Morgan fingerprint density at radius 3 is 2.94 bits per heavy atom. The summed E-state index contributed by atoms with van der Waals surface area (Å²) in [5.41, 5.74) is 0.785. The molecule has 1 heterocycles. The van der Waals surface area contributed by atoms with Gasteiger partial charge in [0.1, 0.15) is 5.69 Å². The molecule has 1 fully saturated rings. The van der Waals surface area contributed by atoms with Crippen molar-refractivity contribution in [3.05, 3.63) is 22.4 Å². The third-order valence-electron chi connectivity index (χ3n) is 3.36. The van der Waals surface area contributed by atoms with Crippen LogP contribution in [0.5, 0.6) is 0 Å². The SMILES string of the molecule is CCCCC(C)NC(=O)c1cc(Br)cn1C1CC1. The Balaban J connectivity index is 1.99. The average molecular weight is 313 g/mol. The number of amides is 1. The van der Waals surface area contributed by atoms with Crippen molar-refractivity contribution in [2.24, 2.45) is 0 Å². The summed E-state index contributed by atoms with van der Waals surface area (Å²) in [4.78, 5) is 12.2. The molecule has 3 nitrogen and oxygen atoms in total. The minimum atomic E-state index is 0.0520. The first-order valence-corrected chi connectivity index (χ1v) is 7.59. The zero-order chi connectivity index (χ0) is 13.1. The van der Waals surface area contributed by atoms with Crippen LogP contribution in [0, 0.1) is 0 Å². The molecule has 1 aliphatic rings. The predicted molar refractivity (Wildman–Crippen MR) is 76.9 cm³/mol. The number of carbonyl (C=O) groups excluding carboxylic acids is 1. The van der Waals surface area contributed by atoms with Crippen LogP contribution in [-0.4, -0.2) is 16.5 Å². The summed E-state index contributed by atoms with van der Waals surface area (Å²) >= 11 is 3.45. The standard InChI is InChI=1S/C14H21BrN2O/c1-3-4-5-10(2)16-14(18)13-8-11(15)9-17(13)12-6-7-12/h8-10,12H,3-7H2,1-2H3,(H,16,18). The Morgan fingerprint density at radius 2 is 2.33 bits per heavy atom. The number of aromatic nitrogens is 1. The van der Waals surface area contributed by atoms with Crippen LogP contribution in [0.15, 0.2) is 16.7 Å². The molecule has 0 bridgehead atoms. The van der Waals surface area contributed by atoms with E-state index >= 15 is 0 Å². The van der Waals surface area contributed by atoms with E-state index in [1.165, 1.54) is 19.3 Å². The molecule has 1 N–H and O–H groups in total. The van der Waals surface area contributed by atoms with Gasteiger partial charge in [0.25, 0.3) is 5.91 Å². The van der Waals surface area contributed by atoms with Gasteiger partial charge in [0.15, 0.2) is 0 Å². The molecule has 0 spiro atoms. The highest BCUT2D eigenvalue weighted by Crippen LogP contribution is 2.37. The molecule has 0 aromatic carbocycles. The highest BCUT2D eigenvalue weighted by molar-refractivity contribution is 9.10. The van der Waals surface area contributed by atoms with Gasteiger partial charge < -0.3 is 9.88 Å². The summed E-state index contributed by atoms with van der Waals surface area (Å²) in [6, 6.07) is 2.70. The van der Waals surface area contributed by atoms with Crippen molar-refractivity contribution in [2.45, 2.75) is 58.0 Å². The lowest BCUT2D eigenvalue weighted by Crippen LogP contribution is -2.33. The molecule has 0 aliphatic heterocycles. The van der Waals surface area contributed by atoms with Gasteiger partial charge in [0.2, 0.25) is 0 Å². The third kappa shape index (κ3) is 3.37. The zero-order valence-corrected chi connectivity index (χ0v) is 12.7. The zero-order valence-electron chi connectivity index (χ0n) is 11.1. The van der Waals surface area contributed by atoms with Gasteiger partial charge in [0.05, 0.1) is 0 Å². The van der Waals surface area contributed by atoms with E-state index in [0.717, 1.165) is 23.0 Å². The number of carbonyl (C=O) groups is 1. The number of nitrogens with one attached hydrogen (secondary N) is 1. The first-order chi connectivity index (χ1) is 8.61. The Kier molecular flexibility index (Phi) is 4.49. The predicted octanol–water partition coefficient (Wildman–Crippen LogP) is 3.89. The topological polar surface area (TPSA) is 34.0 Å². The van der Waals surface area contributed by atoms with Gasteiger partial charge in [-0.1, -0.05) is 19.8 Å². The van der Waals surface area contributed by atoms with Gasteiger partial charge in [-0.2, -0.15) is 0 Å². The first-order valence-electron chi connectivity index (χ1n) is 6.80. The van der Waals surface area contributed by atoms with Crippen LogP contribution in [0.1, 0.15) is 62.5 Å². The maximum Gasteiger partial charge on any atom is 0.268 e. The molecular formula is C14H21BrN2O. The lowest BCUT2D eigenvalue weighted by Gasteiger charge is -2.14. The molecule has 0 saturated heterocycles. The average Bonchev–Trinajstić information content (AvgIpc) is 3.09. The van der Waals surface area contributed by atoms with Crippen molar-refractivity contribution in [3.63, 3.8) is 0 Å². The maximum absolute atomic E-state index is 12.2. The summed E-state index contributed by atoms with van der Waals surface area (Å²) in [7, 11) is 0. The van der Waals surface area contributed by atoms with Crippen molar-refractivity contribution in [2.75, 3.05) is 0 Å². The fourth-order valence-corrected chi connectivity index (χ4v) is 2.60. The van der Waals surface area contributed by atoms with E-state index in [1.807, 2.05) is 12.3 Å². The smallest absolute Gasteiger partial charge is 0.268 e. The largest absolute Gasteiger partial charge is 0.348 e. The molecule has 2 rings (SSSR count). The van der Waals surface area contributed by atoms with Crippen molar-refractivity contribution < 1.29 is 4.79 Å². The van der Waals surface area contributed by atoms with Gasteiger partial charge in [-0.15, -0.1) is 0 Å². The first kappa shape index (κ1) is 13.7. The lowest BCUT2D eigenvalue weighted by molar-refractivity contribution is 0.0928. The van der Waals surface area contributed by atoms with E-state index in [9.17, 15) is 4.79 Å². The van der Waals surface area contributed by atoms with Gasteiger partial charge in [0, 0.05) is 22.8 Å². The fraction of sp³-hybridized carbons (Fsp3) is 0.643. The van der Waals surface area contributed by atoms with Crippen molar-refractivity contribution in [3.8, 4) is 0 Å². The van der Waals surface area contributed by atoms with E-state index in [0.29, 0.717) is 6.04 Å². The van der Waals surface area contributed by atoms with Gasteiger partial charge in [-0.3, -0.25) is 4.79 Å².